The highest BCUT2D eigenvalue weighted by Crippen LogP contribution is 2.25. The first kappa shape index (κ1) is 23.6. The number of ether oxygens (including phenoxy) is 1. The summed E-state index contributed by atoms with van der Waals surface area (Å²) in [5.41, 5.74) is 0.211. The van der Waals surface area contributed by atoms with Crippen LogP contribution in [0, 0.1) is 0 Å². The van der Waals surface area contributed by atoms with E-state index in [0.29, 0.717) is 30.8 Å². The highest BCUT2D eigenvalue weighted by atomic mass is 32.2. The number of anilines is 2. The Morgan fingerprint density at radius 3 is 2.44 bits per heavy atom. The van der Waals surface area contributed by atoms with Crippen LogP contribution < -0.4 is 9.62 Å². The molecule has 1 atom stereocenters. The quantitative estimate of drug-likeness (QED) is 0.733. The molecule has 0 unspecified atom stereocenters. The van der Waals surface area contributed by atoms with Gasteiger partial charge in [-0.3, -0.25) is 14.0 Å². The number of rotatable bonds is 5. The Morgan fingerprint density at radius 2 is 1.78 bits per heavy atom. The van der Waals surface area contributed by atoms with Gasteiger partial charge in [0, 0.05) is 19.3 Å². The number of nitrogens with one attached hydrogen (secondary N) is 1. The molecule has 2 amide bonds. The van der Waals surface area contributed by atoms with Gasteiger partial charge in [-0.15, -0.1) is 0 Å². The maximum atomic E-state index is 13.0. The normalized spacial score (nSPS) is 16.5. The molecule has 1 aliphatic rings. The molecule has 0 aliphatic carbocycles. The van der Waals surface area contributed by atoms with Gasteiger partial charge in [-0.1, -0.05) is 24.3 Å². The molecule has 3 rings (SSSR count). The second-order valence-electron chi connectivity index (χ2n) is 8.66. The molecule has 1 N–H and O–H groups in total. The highest BCUT2D eigenvalue weighted by Gasteiger charge is 2.36. The number of carbonyl (C=O) groups excluding carboxylic acids is 2. The maximum absolute atomic E-state index is 13.0. The second-order valence-corrected chi connectivity index (χ2v) is 10.6. The number of carbonyl (C=O) groups is 2. The molecule has 1 fully saturated rings. The smallest absolute Gasteiger partial charge is 0.410 e. The van der Waals surface area contributed by atoms with Crippen molar-refractivity contribution in [2.75, 3.05) is 23.2 Å². The van der Waals surface area contributed by atoms with Crippen LogP contribution in [0.4, 0.5) is 16.2 Å². The van der Waals surface area contributed by atoms with Crippen molar-refractivity contribution in [1.82, 2.24) is 4.90 Å². The molecule has 0 bridgehead atoms. The van der Waals surface area contributed by atoms with Gasteiger partial charge in [-0.05, 0) is 63.9 Å². The summed E-state index contributed by atoms with van der Waals surface area (Å²) in [6.07, 6.45) is 0.670. The summed E-state index contributed by atoms with van der Waals surface area (Å²) in [5.74, 6) is -0.376. The lowest BCUT2D eigenvalue weighted by Gasteiger charge is -2.28. The molecule has 1 saturated heterocycles. The van der Waals surface area contributed by atoms with Crippen molar-refractivity contribution in [3.05, 3.63) is 54.6 Å². The number of hydrogen-bond acceptors (Lipinski definition) is 5. The average molecular weight is 460 g/mol. The third-order valence-electron chi connectivity index (χ3n) is 5.06. The van der Waals surface area contributed by atoms with Crippen molar-refractivity contribution >= 4 is 33.4 Å². The monoisotopic (exact) mass is 459 g/mol. The van der Waals surface area contributed by atoms with E-state index in [2.05, 4.69) is 5.32 Å². The minimum Gasteiger partial charge on any atom is -0.444 e. The minimum absolute atomic E-state index is 0.0528. The molecular formula is C23H29N3O5S. The van der Waals surface area contributed by atoms with Gasteiger partial charge in [-0.2, -0.15) is 0 Å². The summed E-state index contributed by atoms with van der Waals surface area (Å²) < 4.78 is 32.7. The topological polar surface area (TPSA) is 96.0 Å². The van der Waals surface area contributed by atoms with E-state index < -0.39 is 27.8 Å². The molecule has 2 aromatic rings. The fourth-order valence-electron chi connectivity index (χ4n) is 3.47. The lowest BCUT2D eigenvalue weighted by Crippen LogP contribution is -2.45. The molecule has 0 saturated carbocycles. The van der Waals surface area contributed by atoms with Gasteiger partial charge in [0.2, 0.25) is 5.91 Å². The molecule has 1 aliphatic heterocycles. The van der Waals surface area contributed by atoms with Crippen LogP contribution in [0.15, 0.2) is 59.5 Å². The highest BCUT2D eigenvalue weighted by molar-refractivity contribution is 7.92. The zero-order chi connectivity index (χ0) is 23.5. The summed E-state index contributed by atoms with van der Waals surface area (Å²) in [7, 11) is -2.34. The van der Waals surface area contributed by atoms with Crippen LogP contribution in [0.3, 0.4) is 0 Å². The van der Waals surface area contributed by atoms with E-state index in [9.17, 15) is 18.0 Å². The van der Waals surface area contributed by atoms with Gasteiger partial charge in [0.1, 0.15) is 11.6 Å². The molecule has 0 radical (unpaired) electrons. The van der Waals surface area contributed by atoms with Crippen LogP contribution in [0.5, 0.6) is 0 Å². The number of para-hydroxylation sites is 1. The van der Waals surface area contributed by atoms with E-state index in [1.165, 1.54) is 28.4 Å². The first-order chi connectivity index (χ1) is 15.0. The Morgan fingerprint density at radius 1 is 1.09 bits per heavy atom. The Kier molecular flexibility index (Phi) is 6.78. The summed E-state index contributed by atoms with van der Waals surface area (Å²) in [6.45, 7) is 5.75. The average Bonchev–Trinajstić information content (AvgIpc) is 3.23. The van der Waals surface area contributed by atoms with E-state index in [0.717, 1.165) is 0 Å². The first-order valence-electron chi connectivity index (χ1n) is 10.4. The van der Waals surface area contributed by atoms with Crippen LogP contribution in [0.1, 0.15) is 33.6 Å². The van der Waals surface area contributed by atoms with Crippen molar-refractivity contribution in [1.29, 1.82) is 0 Å². The van der Waals surface area contributed by atoms with Gasteiger partial charge in [0.05, 0.1) is 10.6 Å². The molecular weight excluding hydrogens is 430 g/mol. The number of likely N-dealkylation sites (tertiary alicyclic amines) is 1. The lowest BCUT2D eigenvalue weighted by atomic mass is 10.2. The van der Waals surface area contributed by atoms with Gasteiger partial charge in [-0.25, -0.2) is 13.2 Å². The van der Waals surface area contributed by atoms with E-state index in [1.54, 1.807) is 57.2 Å². The predicted octanol–water partition coefficient (Wildman–Crippen LogP) is 3.85. The molecule has 1 heterocycles. The largest absolute Gasteiger partial charge is 0.444 e. The third kappa shape index (κ3) is 5.40. The Labute approximate surface area is 189 Å². The molecule has 32 heavy (non-hydrogen) atoms. The van der Waals surface area contributed by atoms with Crippen molar-refractivity contribution in [2.45, 2.75) is 50.2 Å². The van der Waals surface area contributed by atoms with E-state index in [4.69, 9.17) is 4.74 Å². The first-order valence-corrected chi connectivity index (χ1v) is 11.9. The van der Waals surface area contributed by atoms with Crippen LogP contribution in [0.2, 0.25) is 0 Å². The standard InChI is InChI=1S/C23H29N3O5S/c1-23(2,3)31-22(28)26-15-9-14-20(26)21(27)24-17-10-8-13-19(16-17)32(29,30)25(4)18-11-6-5-7-12-18/h5-8,10-13,16,20H,9,14-15H2,1-4H3,(H,24,27)/t20-/m0/s1. The van der Waals surface area contributed by atoms with E-state index in [-0.39, 0.29) is 10.8 Å². The molecule has 0 aromatic heterocycles. The molecule has 8 nitrogen and oxygen atoms in total. The van der Waals surface area contributed by atoms with Crippen LogP contribution in [0.25, 0.3) is 0 Å². The van der Waals surface area contributed by atoms with Crippen molar-refractivity contribution in [3.63, 3.8) is 0 Å². The zero-order valence-electron chi connectivity index (χ0n) is 18.7. The van der Waals surface area contributed by atoms with Gasteiger partial charge >= 0.3 is 6.09 Å². The van der Waals surface area contributed by atoms with Crippen LogP contribution in [-0.2, 0) is 19.6 Å². The predicted molar refractivity (Wildman–Crippen MR) is 123 cm³/mol. The van der Waals surface area contributed by atoms with Crippen molar-refractivity contribution in [2.24, 2.45) is 0 Å². The summed E-state index contributed by atoms with van der Waals surface area (Å²) in [5, 5.41) is 2.75. The van der Waals surface area contributed by atoms with Crippen LogP contribution in [-0.4, -0.2) is 50.6 Å². The Balaban J connectivity index is 1.75. The van der Waals surface area contributed by atoms with E-state index in [1.807, 2.05) is 6.07 Å². The number of hydrogen-bond donors (Lipinski definition) is 1. The number of nitrogens with zero attached hydrogens (tertiary/aromatic N) is 2. The lowest BCUT2D eigenvalue weighted by molar-refractivity contribution is -0.120. The van der Waals surface area contributed by atoms with Gasteiger partial charge in [0.15, 0.2) is 0 Å². The van der Waals surface area contributed by atoms with E-state index >= 15 is 0 Å². The fourth-order valence-corrected chi connectivity index (χ4v) is 4.71. The summed E-state index contributed by atoms with van der Waals surface area (Å²) >= 11 is 0. The molecule has 172 valence electrons. The second kappa shape index (κ2) is 9.20. The molecule has 2 aromatic carbocycles. The number of amides is 2. The maximum Gasteiger partial charge on any atom is 0.410 e. The zero-order valence-corrected chi connectivity index (χ0v) is 19.6. The van der Waals surface area contributed by atoms with Crippen molar-refractivity contribution < 1.29 is 22.7 Å². The Bertz CT molecular complexity index is 1080. The summed E-state index contributed by atoms with van der Waals surface area (Å²) in [4.78, 5) is 26.8. The van der Waals surface area contributed by atoms with Crippen LogP contribution >= 0.6 is 0 Å². The number of sulfonamides is 1. The number of benzene rings is 2. The van der Waals surface area contributed by atoms with Gasteiger partial charge in [0.25, 0.3) is 10.0 Å². The SMILES string of the molecule is CN(c1ccccc1)S(=O)(=O)c1cccc(NC(=O)[C@@H]2CCCN2C(=O)OC(C)(C)C)c1. The van der Waals surface area contributed by atoms with Crippen molar-refractivity contribution in [3.8, 4) is 0 Å². The minimum atomic E-state index is -3.82. The fraction of sp³-hybridized carbons (Fsp3) is 0.391. The summed E-state index contributed by atoms with van der Waals surface area (Å²) in [6, 6.07) is 14.1. The Hall–Kier alpha value is -3.07. The van der Waals surface area contributed by atoms with Gasteiger partial charge < -0.3 is 10.1 Å². The molecule has 0 spiro atoms. The third-order valence-corrected chi connectivity index (χ3v) is 6.84. The molecule has 9 heteroatoms.